The van der Waals surface area contributed by atoms with Crippen LogP contribution in [0.4, 0.5) is 17.1 Å². The SMILES string of the molecule is CC1(C)c2ccccc2-c2cccc(N(c3ccc(-c4ccc5oc6ccccc6c5c4)cc3)c3ccccc3-c3ccc4oc5cc6ccccc6cc5c4c3)c21. The van der Waals surface area contributed by atoms with Gasteiger partial charge in [0, 0.05) is 38.2 Å². The third-order valence-electron chi connectivity index (χ3n) is 12.4. The van der Waals surface area contributed by atoms with E-state index in [1.165, 1.54) is 38.7 Å². The van der Waals surface area contributed by atoms with Crippen molar-refractivity contribution in [2.24, 2.45) is 0 Å². The fourth-order valence-corrected chi connectivity index (χ4v) is 9.66. The second-order valence-electron chi connectivity index (χ2n) is 16.1. The van der Waals surface area contributed by atoms with Crippen molar-refractivity contribution in [3.05, 3.63) is 199 Å². The number of benzene rings is 9. The molecule has 0 saturated heterocycles. The molecule has 58 heavy (non-hydrogen) atoms. The monoisotopic (exact) mass is 743 g/mol. The highest BCUT2D eigenvalue weighted by Crippen LogP contribution is 2.55. The van der Waals surface area contributed by atoms with E-state index in [2.05, 4.69) is 195 Å². The number of hydrogen-bond acceptors (Lipinski definition) is 3. The molecule has 12 rings (SSSR count). The van der Waals surface area contributed by atoms with Crippen LogP contribution in [0.25, 0.3) is 88.0 Å². The van der Waals surface area contributed by atoms with E-state index in [1.807, 2.05) is 12.1 Å². The molecule has 3 heteroatoms. The Hall–Kier alpha value is -7.36. The van der Waals surface area contributed by atoms with Gasteiger partial charge in [-0.2, -0.15) is 0 Å². The smallest absolute Gasteiger partial charge is 0.136 e. The first-order valence-electron chi connectivity index (χ1n) is 20.0. The van der Waals surface area contributed by atoms with E-state index < -0.39 is 0 Å². The van der Waals surface area contributed by atoms with Crippen molar-refractivity contribution < 1.29 is 8.83 Å². The molecule has 0 unspecified atom stereocenters. The largest absolute Gasteiger partial charge is 0.456 e. The Bertz CT molecular complexity index is 3440. The van der Waals surface area contributed by atoms with E-state index in [4.69, 9.17) is 8.83 Å². The third kappa shape index (κ3) is 4.86. The summed E-state index contributed by atoms with van der Waals surface area (Å²) in [7, 11) is 0. The van der Waals surface area contributed by atoms with E-state index >= 15 is 0 Å². The van der Waals surface area contributed by atoms with Gasteiger partial charge < -0.3 is 13.7 Å². The first-order chi connectivity index (χ1) is 28.5. The van der Waals surface area contributed by atoms with Crippen LogP contribution < -0.4 is 4.90 Å². The molecule has 0 aliphatic heterocycles. The Morgan fingerprint density at radius 2 is 0.948 bits per heavy atom. The lowest BCUT2D eigenvalue weighted by molar-refractivity contribution is 0.661. The van der Waals surface area contributed by atoms with Crippen LogP contribution in [0.15, 0.2) is 197 Å². The van der Waals surface area contributed by atoms with Crippen molar-refractivity contribution in [1.82, 2.24) is 0 Å². The minimum atomic E-state index is -0.212. The summed E-state index contributed by atoms with van der Waals surface area (Å²) in [5.74, 6) is 0. The van der Waals surface area contributed by atoms with Crippen LogP contribution in [0.2, 0.25) is 0 Å². The number of anilines is 3. The molecule has 0 saturated carbocycles. The first-order valence-corrected chi connectivity index (χ1v) is 20.0. The molecule has 0 spiro atoms. The molecule has 2 heterocycles. The number of para-hydroxylation sites is 2. The Morgan fingerprint density at radius 1 is 0.379 bits per heavy atom. The van der Waals surface area contributed by atoms with Crippen molar-refractivity contribution in [3.8, 4) is 33.4 Å². The zero-order chi connectivity index (χ0) is 38.5. The molecule has 0 atom stereocenters. The predicted molar refractivity (Wildman–Crippen MR) is 242 cm³/mol. The fraction of sp³-hybridized carbons (Fsp3) is 0.0545. The van der Waals surface area contributed by atoms with Gasteiger partial charge in [-0.1, -0.05) is 135 Å². The summed E-state index contributed by atoms with van der Waals surface area (Å²) in [6.45, 7) is 4.73. The molecule has 3 nitrogen and oxygen atoms in total. The van der Waals surface area contributed by atoms with Gasteiger partial charge in [-0.25, -0.2) is 0 Å². The predicted octanol–water partition coefficient (Wildman–Crippen LogP) is 15.7. The molecule has 1 aliphatic carbocycles. The maximum Gasteiger partial charge on any atom is 0.136 e. The summed E-state index contributed by atoms with van der Waals surface area (Å²) in [5, 5.41) is 6.89. The van der Waals surface area contributed by atoms with E-state index in [0.29, 0.717) is 0 Å². The summed E-state index contributed by atoms with van der Waals surface area (Å²) in [5.41, 5.74) is 16.6. The number of rotatable bonds is 5. The van der Waals surface area contributed by atoms with Gasteiger partial charge in [0.05, 0.1) is 11.4 Å². The number of hydrogen-bond donors (Lipinski definition) is 0. The van der Waals surface area contributed by atoms with Crippen LogP contribution in [0, 0.1) is 0 Å². The minimum Gasteiger partial charge on any atom is -0.456 e. The zero-order valence-electron chi connectivity index (χ0n) is 32.2. The molecule has 1 aliphatic rings. The van der Waals surface area contributed by atoms with Crippen LogP contribution >= 0.6 is 0 Å². The third-order valence-corrected chi connectivity index (χ3v) is 12.4. The molecular weight excluding hydrogens is 707 g/mol. The highest BCUT2D eigenvalue weighted by molar-refractivity contribution is 6.11. The average molecular weight is 744 g/mol. The standard InChI is InChI=1S/C55H37NO2/c1-55(2)47-18-8-5-15-41(47)43-17-11-20-49(54(43)55)56(39-26-22-34(23-27-39)37-24-28-51-44(31-37)42-16-7-10-21-50(42)57-51)48-19-9-6-14-40(48)38-25-29-52-45(32-38)46-30-35-12-3-4-13-36(35)33-53(46)58-52/h3-33H,1-2H3. The summed E-state index contributed by atoms with van der Waals surface area (Å²) in [4.78, 5) is 2.48. The quantitative estimate of drug-likeness (QED) is 0.176. The Morgan fingerprint density at radius 3 is 1.79 bits per heavy atom. The van der Waals surface area contributed by atoms with Crippen LogP contribution in [0.3, 0.4) is 0 Å². The Labute approximate surface area is 336 Å². The second kappa shape index (κ2) is 12.3. The normalized spacial score (nSPS) is 13.1. The number of fused-ring (bicyclic) bond motifs is 10. The van der Waals surface area contributed by atoms with Gasteiger partial charge in [0.1, 0.15) is 22.3 Å². The summed E-state index contributed by atoms with van der Waals surface area (Å²) < 4.78 is 12.6. The summed E-state index contributed by atoms with van der Waals surface area (Å²) in [6, 6.07) is 67.9. The van der Waals surface area contributed by atoms with Crippen molar-refractivity contribution in [3.63, 3.8) is 0 Å². The van der Waals surface area contributed by atoms with Gasteiger partial charge in [0.2, 0.25) is 0 Å². The molecule has 0 amide bonds. The number of nitrogens with zero attached hydrogens (tertiary/aromatic N) is 1. The Kier molecular flexibility index (Phi) is 6.98. The summed E-state index contributed by atoms with van der Waals surface area (Å²) in [6.07, 6.45) is 0. The molecule has 11 aromatic rings. The topological polar surface area (TPSA) is 29.5 Å². The molecule has 0 fully saturated rings. The van der Waals surface area contributed by atoms with Crippen LogP contribution in [-0.2, 0) is 5.41 Å². The highest BCUT2D eigenvalue weighted by atomic mass is 16.3. The van der Waals surface area contributed by atoms with Gasteiger partial charge in [0.15, 0.2) is 0 Å². The van der Waals surface area contributed by atoms with E-state index in [0.717, 1.165) is 77.5 Å². The lowest BCUT2D eigenvalue weighted by Gasteiger charge is -2.33. The molecule has 0 radical (unpaired) electrons. The molecule has 0 bridgehead atoms. The lowest BCUT2D eigenvalue weighted by atomic mass is 9.81. The Balaban J connectivity index is 1.05. The lowest BCUT2D eigenvalue weighted by Crippen LogP contribution is -2.21. The molecule has 9 aromatic carbocycles. The molecule has 2 aromatic heterocycles. The number of furan rings is 2. The van der Waals surface area contributed by atoms with E-state index in [-0.39, 0.29) is 5.41 Å². The summed E-state index contributed by atoms with van der Waals surface area (Å²) >= 11 is 0. The first kappa shape index (κ1) is 32.8. The van der Waals surface area contributed by atoms with Crippen LogP contribution in [0.5, 0.6) is 0 Å². The van der Waals surface area contributed by atoms with Crippen molar-refractivity contribution in [2.45, 2.75) is 19.3 Å². The maximum atomic E-state index is 6.44. The van der Waals surface area contributed by atoms with Crippen LogP contribution in [-0.4, -0.2) is 0 Å². The van der Waals surface area contributed by atoms with E-state index in [9.17, 15) is 0 Å². The molecule has 274 valence electrons. The highest BCUT2D eigenvalue weighted by Gasteiger charge is 2.39. The van der Waals surface area contributed by atoms with E-state index in [1.54, 1.807) is 0 Å². The minimum absolute atomic E-state index is 0.212. The van der Waals surface area contributed by atoms with Crippen molar-refractivity contribution >= 4 is 71.7 Å². The fourth-order valence-electron chi connectivity index (χ4n) is 9.66. The van der Waals surface area contributed by atoms with Gasteiger partial charge >= 0.3 is 0 Å². The van der Waals surface area contributed by atoms with Gasteiger partial charge in [-0.05, 0) is 116 Å². The van der Waals surface area contributed by atoms with Crippen LogP contribution in [0.1, 0.15) is 25.0 Å². The van der Waals surface area contributed by atoms with Gasteiger partial charge in [-0.15, -0.1) is 0 Å². The zero-order valence-corrected chi connectivity index (χ0v) is 32.2. The van der Waals surface area contributed by atoms with Gasteiger partial charge in [0.25, 0.3) is 0 Å². The second-order valence-corrected chi connectivity index (χ2v) is 16.1. The van der Waals surface area contributed by atoms with Gasteiger partial charge in [-0.3, -0.25) is 0 Å². The maximum absolute atomic E-state index is 6.44. The molecule has 0 N–H and O–H groups in total. The van der Waals surface area contributed by atoms with Crippen molar-refractivity contribution in [2.75, 3.05) is 4.90 Å². The average Bonchev–Trinajstić information content (AvgIpc) is 3.90. The van der Waals surface area contributed by atoms with Crippen molar-refractivity contribution in [1.29, 1.82) is 0 Å². The molecular formula is C55H37NO2.